The Balaban J connectivity index is 0.000000199. The molecular weight excluding hydrogens is 668 g/mol. The van der Waals surface area contributed by atoms with Crippen LogP contribution in [0.5, 0.6) is 5.75 Å². The predicted molar refractivity (Wildman–Crippen MR) is 180 cm³/mol. The lowest BCUT2D eigenvalue weighted by atomic mass is 9.86. The Hall–Kier alpha value is -4.78. The summed E-state index contributed by atoms with van der Waals surface area (Å²) in [7, 11) is 11.9. The third-order valence-electron chi connectivity index (χ3n) is 8.28. The molecule has 0 bridgehead atoms. The number of Topliss-reactive ketones (excluding diaryl/α,β-unsaturated/α-hetero) is 1. The van der Waals surface area contributed by atoms with Crippen molar-refractivity contribution in [2.75, 3.05) is 40.7 Å². The fraction of sp³-hybridized carbons (Fsp3) is 0.353. The van der Waals surface area contributed by atoms with Crippen molar-refractivity contribution in [1.82, 2.24) is 19.1 Å². The first-order chi connectivity index (χ1) is 22.5. The molecule has 0 saturated heterocycles. The number of aromatic nitrogens is 4. The maximum atomic E-state index is 12.5. The smallest absolute Gasteiger partial charge is 0.339 e. The van der Waals surface area contributed by atoms with Crippen LogP contribution in [0.2, 0.25) is 0 Å². The van der Waals surface area contributed by atoms with Gasteiger partial charge in [-0.1, -0.05) is 15.9 Å². The molecule has 0 saturated carbocycles. The highest BCUT2D eigenvalue weighted by Crippen LogP contribution is 2.37. The molecular formula is C34H38BrN6O6+. The number of ketones is 1. The monoisotopic (exact) mass is 705 g/mol. The first-order valence-electron chi connectivity index (χ1n) is 15.0. The number of ether oxygens (including phenoxy) is 3. The third-order valence-corrected chi connectivity index (χ3v) is 8.77. The highest BCUT2D eigenvalue weighted by Gasteiger charge is 2.34. The van der Waals surface area contributed by atoms with Crippen molar-refractivity contribution in [2.24, 2.45) is 20.0 Å². The summed E-state index contributed by atoms with van der Waals surface area (Å²) in [6, 6.07) is 5.69. The van der Waals surface area contributed by atoms with Gasteiger partial charge in [0.2, 0.25) is 5.95 Å². The number of hydrogen-bond donors (Lipinski definition) is 1. The van der Waals surface area contributed by atoms with Crippen LogP contribution in [0.15, 0.2) is 41.3 Å². The van der Waals surface area contributed by atoms with Crippen LogP contribution in [0.3, 0.4) is 0 Å². The Labute approximate surface area is 281 Å². The van der Waals surface area contributed by atoms with Gasteiger partial charge in [-0.15, -0.1) is 0 Å². The van der Waals surface area contributed by atoms with Gasteiger partial charge in [-0.25, -0.2) is 24.1 Å². The van der Waals surface area contributed by atoms with E-state index in [2.05, 4.69) is 26.2 Å². The number of carbonyl (C=O) groups is 3. The standard InChI is InChI=1S/C20H19BrN4O3.C14H19N2O3/c1-25-10-14(19(26)28-3)13-6-4-11-9-22-20(24-17(11)18(13)25)23-15-7-5-12(21)8-16(15)27-2;1-15(2)7-9-5-6-10-11(14(18)19-4)8-16(3)12(10)13(9)17/h5,7-10H,4,6H2,1-3H3,(H,22,23,24);7-9H,5-6H2,1-4H3/q;+1. The summed E-state index contributed by atoms with van der Waals surface area (Å²) in [6.07, 6.45) is 10.2. The van der Waals surface area contributed by atoms with Crippen molar-refractivity contribution < 1.29 is 33.2 Å². The summed E-state index contributed by atoms with van der Waals surface area (Å²) in [5.74, 6) is 0.414. The Morgan fingerprint density at radius 2 is 1.62 bits per heavy atom. The molecule has 1 aromatic carbocycles. The number of halogens is 1. The van der Waals surface area contributed by atoms with Gasteiger partial charge in [0.05, 0.1) is 55.2 Å². The van der Waals surface area contributed by atoms with Crippen molar-refractivity contribution in [3.05, 3.63) is 74.8 Å². The molecule has 1 unspecified atom stereocenters. The average Bonchev–Trinajstić information content (AvgIpc) is 3.59. The number of hydrogen-bond acceptors (Lipinski definition) is 9. The zero-order valence-corrected chi connectivity index (χ0v) is 29.1. The second-order valence-corrected chi connectivity index (χ2v) is 12.5. The normalized spacial score (nSPS) is 14.5. The van der Waals surface area contributed by atoms with Gasteiger partial charge in [0.1, 0.15) is 32.0 Å². The lowest BCUT2D eigenvalue weighted by Crippen LogP contribution is -2.28. The number of methoxy groups -OCH3 is 3. The van der Waals surface area contributed by atoms with Crippen LogP contribution >= 0.6 is 15.9 Å². The minimum atomic E-state index is -0.375. The number of benzene rings is 1. The number of rotatable bonds is 6. The Bertz CT molecular complexity index is 1900. The summed E-state index contributed by atoms with van der Waals surface area (Å²) in [4.78, 5) is 45.5. The van der Waals surface area contributed by atoms with E-state index in [1.807, 2.05) is 60.9 Å². The molecule has 2 aliphatic carbocycles. The van der Waals surface area contributed by atoms with Crippen molar-refractivity contribution in [3.8, 4) is 17.1 Å². The zero-order chi connectivity index (χ0) is 34.0. The minimum absolute atomic E-state index is 0.0765. The van der Waals surface area contributed by atoms with Crippen LogP contribution < -0.4 is 10.1 Å². The first-order valence-corrected chi connectivity index (χ1v) is 15.8. The van der Waals surface area contributed by atoms with Gasteiger partial charge >= 0.3 is 11.9 Å². The van der Waals surface area contributed by atoms with Crippen LogP contribution in [0, 0.1) is 5.92 Å². The summed E-state index contributed by atoms with van der Waals surface area (Å²) >= 11 is 3.44. The third kappa shape index (κ3) is 6.71. The number of fused-ring (bicyclic) bond motifs is 4. The Morgan fingerprint density at radius 3 is 2.23 bits per heavy atom. The molecule has 3 aromatic heterocycles. The van der Waals surface area contributed by atoms with E-state index in [-0.39, 0.29) is 23.6 Å². The van der Waals surface area contributed by atoms with Crippen molar-refractivity contribution in [2.45, 2.75) is 25.7 Å². The fourth-order valence-electron chi connectivity index (χ4n) is 6.18. The molecule has 1 N–H and O–H groups in total. The number of nitrogens with zero attached hydrogens (tertiary/aromatic N) is 5. The quantitative estimate of drug-likeness (QED) is 0.171. The average molecular weight is 707 g/mol. The number of aryl methyl sites for hydroxylation is 3. The SMILES string of the molecule is COC(=O)c1cn(C)c2c1CCC(C=[N+](C)C)C2=O.COC(=O)c1cn(C)c2c1CCc1cnc(Nc3ccc(Br)cc3OC)nc1-2. The molecule has 13 heteroatoms. The van der Waals surface area contributed by atoms with E-state index in [9.17, 15) is 14.4 Å². The molecule has 1 atom stereocenters. The van der Waals surface area contributed by atoms with Crippen molar-refractivity contribution in [1.29, 1.82) is 0 Å². The number of anilines is 2. The van der Waals surface area contributed by atoms with E-state index in [4.69, 9.17) is 19.2 Å². The molecule has 0 aliphatic heterocycles. The van der Waals surface area contributed by atoms with Crippen LogP contribution in [0.4, 0.5) is 11.6 Å². The van der Waals surface area contributed by atoms with Gasteiger partial charge in [0, 0.05) is 37.2 Å². The van der Waals surface area contributed by atoms with E-state index in [1.165, 1.54) is 14.2 Å². The molecule has 0 spiro atoms. The topological polar surface area (TPSA) is 130 Å². The van der Waals surface area contributed by atoms with E-state index in [0.717, 1.165) is 63.9 Å². The highest BCUT2D eigenvalue weighted by molar-refractivity contribution is 9.10. The molecule has 0 radical (unpaired) electrons. The van der Waals surface area contributed by atoms with Gasteiger partial charge < -0.3 is 28.7 Å². The lowest BCUT2D eigenvalue weighted by molar-refractivity contribution is -0.461. The van der Waals surface area contributed by atoms with E-state index < -0.39 is 0 Å². The fourth-order valence-corrected chi connectivity index (χ4v) is 6.52. The largest absolute Gasteiger partial charge is 0.495 e. The molecule has 246 valence electrons. The van der Waals surface area contributed by atoms with E-state index in [0.29, 0.717) is 28.5 Å². The molecule has 2 aliphatic rings. The maximum absolute atomic E-state index is 12.5. The van der Waals surface area contributed by atoms with Gasteiger partial charge in [-0.3, -0.25) is 4.79 Å². The molecule has 4 aromatic rings. The Kier molecular flexibility index (Phi) is 9.94. The van der Waals surface area contributed by atoms with Crippen molar-refractivity contribution in [3.63, 3.8) is 0 Å². The minimum Gasteiger partial charge on any atom is -0.495 e. The van der Waals surface area contributed by atoms with Crippen LogP contribution in [0.25, 0.3) is 11.4 Å². The number of carbonyl (C=O) groups excluding carboxylic acids is 3. The summed E-state index contributed by atoms with van der Waals surface area (Å²) in [5, 5.41) is 3.22. The number of nitrogens with one attached hydrogen (secondary N) is 1. The molecule has 12 nitrogen and oxygen atoms in total. The van der Waals surface area contributed by atoms with Gasteiger partial charge in [-0.05, 0) is 60.6 Å². The molecule has 0 fully saturated rings. The highest BCUT2D eigenvalue weighted by atomic mass is 79.9. The van der Waals surface area contributed by atoms with Gasteiger partial charge in [-0.2, -0.15) is 0 Å². The Morgan fingerprint density at radius 1 is 0.979 bits per heavy atom. The summed E-state index contributed by atoms with van der Waals surface area (Å²) in [6.45, 7) is 0. The van der Waals surface area contributed by atoms with E-state index >= 15 is 0 Å². The summed E-state index contributed by atoms with van der Waals surface area (Å²) < 4.78 is 21.6. The molecule has 6 rings (SSSR count). The predicted octanol–water partition coefficient (Wildman–Crippen LogP) is 4.78. The summed E-state index contributed by atoms with van der Waals surface area (Å²) in [5.41, 5.74) is 7.10. The zero-order valence-electron chi connectivity index (χ0n) is 27.5. The van der Waals surface area contributed by atoms with Crippen LogP contribution in [-0.2, 0) is 42.8 Å². The van der Waals surface area contributed by atoms with Crippen LogP contribution in [0.1, 0.15) is 54.3 Å². The lowest BCUT2D eigenvalue weighted by Gasteiger charge is -2.19. The first kappa shape index (κ1) is 33.6. The van der Waals surface area contributed by atoms with Crippen molar-refractivity contribution >= 4 is 51.5 Å². The second-order valence-electron chi connectivity index (χ2n) is 11.6. The van der Waals surface area contributed by atoms with Gasteiger partial charge in [0.15, 0.2) is 5.78 Å². The maximum Gasteiger partial charge on any atom is 0.339 e. The number of esters is 2. The molecule has 0 amide bonds. The van der Waals surface area contributed by atoms with E-state index in [1.54, 1.807) is 31.1 Å². The molecule has 47 heavy (non-hydrogen) atoms. The van der Waals surface area contributed by atoms with Gasteiger partial charge in [0.25, 0.3) is 0 Å². The second kappa shape index (κ2) is 13.9. The van der Waals surface area contributed by atoms with Crippen LogP contribution in [-0.4, -0.2) is 83.0 Å². The molecule has 3 heterocycles.